The van der Waals surface area contributed by atoms with Crippen LogP contribution >= 0.6 is 15.9 Å². The molecule has 3 nitrogen and oxygen atoms in total. The monoisotopic (exact) mass is 402 g/mol. The number of carbonyl (C=O) groups is 1. The predicted molar refractivity (Wildman–Crippen MR) is 102 cm³/mol. The van der Waals surface area contributed by atoms with Crippen molar-refractivity contribution < 1.29 is 14.3 Å². The van der Waals surface area contributed by atoms with Crippen molar-refractivity contribution in [3.63, 3.8) is 0 Å². The van der Waals surface area contributed by atoms with Crippen LogP contribution in [0.4, 0.5) is 0 Å². The number of hydrogen-bond donors (Lipinski definition) is 0. The molecule has 0 bridgehead atoms. The topological polar surface area (TPSA) is 35.5 Å². The average molecular weight is 403 g/mol. The minimum atomic E-state index is -0.220. The molecule has 0 radical (unpaired) electrons. The lowest BCUT2D eigenvalue weighted by Gasteiger charge is -2.16. The van der Waals surface area contributed by atoms with Crippen LogP contribution in [-0.4, -0.2) is 13.1 Å². The van der Waals surface area contributed by atoms with E-state index in [2.05, 4.69) is 41.1 Å². The Balaban J connectivity index is 1.84. The third-order valence-electron chi connectivity index (χ3n) is 4.67. The first-order chi connectivity index (χ1) is 12.1. The molecule has 25 heavy (non-hydrogen) atoms. The van der Waals surface area contributed by atoms with Crippen molar-refractivity contribution in [1.82, 2.24) is 0 Å². The number of rotatable bonds is 7. The van der Waals surface area contributed by atoms with Crippen molar-refractivity contribution in [2.24, 2.45) is 0 Å². The van der Waals surface area contributed by atoms with E-state index in [1.54, 1.807) is 0 Å². The highest BCUT2D eigenvalue weighted by molar-refractivity contribution is 9.10. The van der Waals surface area contributed by atoms with Crippen molar-refractivity contribution in [3.05, 3.63) is 63.1 Å². The summed E-state index contributed by atoms with van der Waals surface area (Å²) in [5, 5.41) is 0. The molecule has 3 rings (SSSR count). The summed E-state index contributed by atoms with van der Waals surface area (Å²) in [5.41, 5.74) is 4.70. The zero-order valence-electron chi connectivity index (χ0n) is 14.7. The van der Waals surface area contributed by atoms with Gasteiger partial charge in [0.05, 0.1) is 18.0 Å². The third kappa shape index (κ3) is 4.43. The molecule has 0 unspecified atom stereocenters. The molecule has 0 amide bonds. The Kier molecular flexibility index (Phi) is 5.79. The van der Waals surface area contributed by atoms with E-state index in [-0.39, 0.29) is 12.4 Å². The largest absolute Gasteiger partial charge is 0.488 e. The maximum atomic E-state index is 11.8. The summed E-state index contributed by atoms with van der Waals surface area (Å²) in [7, 11) is 1.43. The number of hydrogen-bond acceptors (Lipinski definition) is 3. The molecule has 0 aliphatic heterocycles. The molecular weight excluding hydrogens is 380 g/mol. The minimum absolute atomic E-state index is 0.220. The summed E-state index contributed by atoms with van der Waals surface area (Å²) in [6, 6.07) is 12.4. The molecule has 0 atom stereocenters. The van der Waals surface area contributed by atoms with Gasteiger partial charge in [0.15, 0.2) is 0 Å². The highest BCUT2D eigenvalue weighted by Crippen LogP contribution is 2.42. The van der Waals surface area contributed by atoms with Crippen molar-refractivity contribution in [3.8, 4) is 5.75 Å². The van der Waals surface area contributed by atoms with E-state index >= 15 is 0 Å². The number of esters is 1. The Bertz CT molecular complexity index is 766. The molecule has 0 saturated heterocycles. The van der Waals surface area contributed by atoms with Gasteiger partial charge >= 0.3 is 5.97 Å². The van der Waals surface area contributed by atoms with Crippen molar-refractivity contribution in [2.45, 2.75) is 45.1 Å². The smallest absolute Gasteiger partial charge is 0.309 e. The predicted octanol–water partition coefficient (Wildman–Crippen LogP) is 5.18. The fraction of sp³-hybridized carbons (Fsp3) is 0.381. The molecule has 1 saturated carbocycles. The lowest BCUT2D eigenvalue weighted by atomic mass is 9.96. The zero-order chi connectivity index (χ0) is 17.8. The van der Waals surface area contributed by atoms with E-state index in [0.717, 1.165) is 27.8 Å². The zero-order valence-corrected chi connectivity index (χ0v) is 16.3. The van der Waals surface area contributed by atoms with Crippen LogP contribution in [0.15, 0.2) is 40.9 Å². The summed E-state index contributed by atoms with van der Waals surface area (Å²) in [6.45, 7) is 2.59. The average Bonchev–Trinajstić information content (AvgIpc) is 3.46. The van der Waals surface area contributed by atoms with Crippen LogP contribution in [-0.2, 0) is 29.0 Å². The second kappa shape index (κ2) is 8.05. The standard InChI is InChI=1S/C21H23BrO3/c1-3-14-7-10-20(19(22)11-14)25-13-18-16(12-21(23)24-2)5-4-6-17(18)15-8-9-15/h4-7,10-11,15H,3,8-9,12-13H2,1-2H3. The van der Waals surface area contributed by atoms with Gasteiger partial charge in [0.1, 0.15) is 12.4 Å². The second-order valence-electron chi connectivity index (χ2n) is 6.42. The Hall–Kier alpha value is -1.81. The van der Waals surface area contributed by atoms with E-state index in [4.69, 9.17) is 9.47 Å². The maximum absolute atomic E-state index is 11.8. The second-order valence-corrected chi connectivity index (χ2v) is 7.27. The number of ether oxygens (including phenoxy) is 2. The van der Waals surface area contributed by atoms with Crippen LogP contribution in [0.25, 0.3) is 0 Å². The highest BCUT2D eigenvalue weighted by Gasteiger charge is 2.27. The number of halogens is 1. The molecule has 0 N–H and O–H groups in total. The maximum Gasteiger partial charge on any atom is 0.309 e. The van der Waals surface area contributed by atoms with E-state index in [1.165, 1.54) is 31.1 Å². The van der Waals surface area contributed by atoms with Gasteiger partial charge in [-0.15, -0.1) is 0 Å². The van der Waals surface area contributed by atoms with Crippen LogP contribution in [0.5, 0.6) is 5.75 Å². The fourth-order valence-electron chi connectivity index (χ4n) is 3.03. The Labute approximate surface area is 157 Å². The number of carbonyl (C=O) groups excluding carboxylic acids is 1. The fourth-order valence-corrected chi connectivity index (χ4v) is 3.57. The normalized spacial score (nSPS) is 13.6. The van der Waals surface area contributed by atoms with Crippen molar-refractivity contribution in [2.75, 3.05) is 7.11 Å². The Morgan fingerprint density at radius 2 is 2.04 bits per heavy atom. The van der Waals surface area contributed by atoms with E-state index in [9.17, 15) is 4.79 Å². The highest BCUT2D eigenvalue weighted by atomic mass is 79.9. The van der Waals surface area contributed by atoms with Gasteiger partial charge in [0, 0.05) is 0 Å². The lowest BCUT2D eigenvalue weighted by molar-refractivity contribution is -0.139. The lowest BCUT2D eigenvalue weighted by Crippen LogP contribution is -2.10. The van der Waals surface area contributed by atoms with Gasteiger partial charge < -0.3 is 9.47 Å². The van der Waals surface area contributed by atoms with Gasteiger partial charge in [-0.1, -0.05) is 31.2 Å². The summed E-state index contributed by atoms with van der Waals surface area (Å²) in [4.78, 5) is 11.8. The van der Waals surface area contributed by atoms with Crippen LogP contribution in [0.3, 0.4) is 0 Å². The first-order valence-corrected chi connectivity index (χ1v) is 9.50. The van der Waals surface area contributed by atoms with E-state index in [1.807, 2.05) is 18.2 Å². The molecule has 0 heterocycles. The van der Waals surface area contributed by atoms with Crippen LogP contribution in [0, 0.1) is 0 Å². The molecule has 2 aromatic rings. The summed E-state index contributed by atoms with van der Waals surface area (Å²) in [6.07, 6.45) is 3.70. The molecule has 0 spiro atoms. The molecule has 0 aromatic heterocycles. The molecule has 1 aliphatic rings. The molecule has 2 aromatic carbocycles. The summed E-state index contributed by atoms with van der Waals surface area (Å²) in [5.74, 6) is 1.21. The molecule has 1 fully saturated rings. The van der Waals surface area contributed by atoms with Gasteiger partial charge in [-0.25, -0.2) is 0 Å². The summed E-state index contributed by atoms with van der Waals surface area (Å²) < 4.78 is 11.9. The Morgan fingerprint density at radius 1 is 1.24 bits per heavy atom. The molecule has 4 heteroatoms. The number of methoxy groups -OCH3 is 1. The van der Waals surface area contributed by atoms with Crippen LogP contribution in [0.1, 0.15) is 47.9 Å². The molecular formula is C21H23BrO3. The number of benzene rings is 2. The van der Waals surface area contributed by atoms with Gasteiger partial charge in [0.25, 0.3) is 0 Å². The quantitative estimate of drug-likeness (QED) is 0.598. The van der Waals surface area contributed by atoms with E-state index < -0.39 is 0 Å². The van der Waals surface area contributed by atoms with Gasteiger partial charge in [-0.05, 0) is 75.5 Å². The molecule has 132 valence electrons. The van der Waals surface area contributed by atoms with Crippen LogP contribution < -0.4 is 4.74 Å². The van der Waals surface area contributed by atoms with Crippen molar-refractivity contribution in [1.29, 1.82) is 0 Å². The minimum Gasteiger partial charge on any atom is -0.488 e. The van der Waals surface area contributed by atoms with Crippen LogP contribution in [0.2, 0.25) is 0 Å². The first-order valence-electron chi connectivity index (χ1n) is 8.71. The van der Waals surface area contributed by atoms with Crippen molar-refractivity contribution >= 4 is 21.9 Å². The Morgan fingerprint density at radius 3 is 2.68 bits per heavy atom. The molecule has 1 aliphatic carbocycles. The first kappa shape index (κ1) is 18.0. The third-order valence-corrected chi connectivity index (χ3v) is 5.29. The van der Waals surface area contributed by atoms with Gasteiger partial charge in [-0.3, -0.25) is 4.79 Å². The number of aryl methyl sites for hydroxylation is 1. The van der Waals surface area contributed by atoms with E-state index in [0.29, 0.717) is 12.5 Å². The summed E-state index contributed by atoms with van der Waals surface area (Å²) >= 11 is 3.59. The van der Waals surface area contributed by atoms with Gasteiger partial charge in [-0.2, -0.15) is 0 Å². The van der Waals surface area contributed by atoms with Gasteiger partial charge in [0.2, 0.25) is 0 Å². The SMILES string of the molecule is CCc1ccc(OCc2c(CC(=O)OC)cccc2C2CC2)c(Br)c1.